The van der Waals surface area contributed by atoms with Crippen molar-refractivity contribution in [3.05, 3.63) is 35.9 Å². The first-order valence-corrected chi connectivity index (χ1v) is 11.2. The van der Waals surface area contributed by atoms with E-state index in [1.54, 1.807) is 11.8 Å². The lowest BCUT2D eigenvalue weighted by molar-refractivity contribution is -0.132. The first kappa shape index (κ1) is 19.3. The Labute approximate surface area is 149 Å². The molecule has 2 atom stereocenters. The molecule has 2 rings (SSSR count). The fraction of sp³-hybridized carbons (Fsp3) is 0.588. The molecule has 24 heavy (non-hydrogen) atoms. The average molecular weight is 371 g/mol. The van der Waals surface area contributed by atoms with E-state index in [1.807, 2.05) is 30.0 Å². The second-order valence-corrected chi connectivity index (χ2v) is 9.51. The van der Waals surface area contributed by atoms with Gasteiger partial charge in [0, 0.05) is 25.4 Å². The molecule has 0 aliphatic carbocycles. The lowest BCUT2D eigenvalue weighted by Gasteiger charge is -2.34. The van der Waals surface area contributed by atoms with Gasteiger partial charge in [0.1, 0.15) is 0 Å². The summed E-state index contributed by atoms with van der Waals surface area (Å²) in [6.07, 6.45) is 3.05. The number of hydrogen-bond donors (Lipinski definition) is 1. The third-order valence-electron chi connectivity index (χ3n) is 4.16. The summed E-state index contributed by atoms with van der Waals surface area (Å²) in [4.78, 5) is 14.5. The number of thioether (sulfide) groups is 1. The van der Waals surface area contributed by atoms with Crippen LogP contribution >= 0.6 is 11.8 Å². The van der Waals surface area contributed by atoms with Crippen LogP contribution < -0.4 is 4.72 Å². The maximum absolute atomic E-state index is 12.6. The van der Waals surface area contributed by atoms with Crippen LogP contribution in [0.4, 0.5) is 0 Å². The number of nitrogens with one attached hydrogen (secondary N) is 1. The van der Waals surface area contributed by atoms with Crippen LogP contribution in [0, 0.1) is 5.92 Å². The molecule has 1 aromatic rings. The van der Waals surface area contributed by atoms with E-state index in [0.717, 1.165) is 25.1 Å². The van der Waals surface area contributed by atoms with Crippen molar-refractivity contribution in [3.63, 3.8) is 0 Å². The molecule has 5 nitrogen and oxygen atoms in total. The zero-order valence-electron chi connectivity index (χ0n) is 14.3. The van der Waals surface area contributed by atoms with Gasteiger partial charge < -0.3 is 4.90 Å². The predicted octanol–water partition coefficient (Wildman–Crippen LogP) is 2.10. The summed E-state index contributed by atoms with van der Waals surface area (Å²) >= 11 is 1.65. The highest BCUT2D eigenvalue weighted by Crippen LogP contribution is 2.23. The van der Waals surface area contributed by atoms with Crippen LogP contribution in [0.25, 0.3) is 0 Å². The Hall–Kier alpha value is -1.05. The van der Waals surface area contributed by atoms with E-state index in [4.69, 9.17) is 0 Å². The van der Waals surface area contributed by atoms with Crippen molar-refractivity contribution in [1.82, 2.24) is 9.62 Å². The van der Waals surface area contributed by atoms with Gasteiger partial charge in [0.25, 0.3) is 0 Å². The molecular formula is C17H26N2O3S2. The smallest absolute Gasteiger partial charge is 0.235 e. The molecule has 0 bridgehead atoms. The Kier molecular flexibility index (Phi) is 7.13. The third-order valence-corrected chi connectivity index (χ3v) is 6.05. The molecule has 0 aromatic heterocycles. The molecule has 1 N–H and O–H groups in total. The van der Waals surface area contributed by atoms with E-state index in [2.05, 4.69) is 16.9 Å². The summed E-state index contributed by atoms with van der Waals surface area (Å²) in [6.45, 7) is 3.77. The van der Waals surface area contributed by atoms with Crippen LogP contribution in [-0.4, -0.2) is 50.4 Å². The number of carbonyl (C=O) groups is 1. The third kappa shape index (κ3) is 6.45. The lowest BCUT2D eigenvalue weighted by Crippen LogP contribution is -2.46. The van der Waals surface area contributed by atoms with Gasteiger partial charge in [0.2, 0.25) is 15.9 Å². The highest BCUT2D eigenvalue weighted by Gasteiger charge is 2.27. The Bertz CT molecular complexity index is 634. The van der Waals surface area contributed by atoms with Gasteiger partial charge in [-0.2, -0.15) is 0 Å². The molecular weight excluding hydrogens is 344 g/mol. The van der Waals surface area contributed by atoms with Gasteiger partial charge in [-0.25, -0.2) is 13.1 Å². The van der Waals surface area contributed by atoms with Crippen molar-refractivity contribution in [2.24, 2.45) is 5.92 Å². The van der Waals surface area contributed by atoms with Crippen LogP contribution in [0.2, 0.25) is 0 Å². The van der Waals surface area contributed by atoms with Crippen molar-refractivity contribution in [2.75, 3.05) is 25.9 Å². The molecule has 1 fully saturated rings. The van der Waals surface area contributed by atoms with E-state index >= 15 is 0 Å². The molecule has 7 heteroatoms. The van der Waals surface area contributed by atoms with Crippen LogP contribution in [0.15, 0.2) is 30.3 Å². The van der Waals surface area contributed by atoms with E-state index < -0.39 is 10.0 Å². The Morgan fingerprint density at radius 3 is 2.75 bits per heavy atom. The maximum atomic E-state index is 12.6. The van der Waals surface area contributed by atoms with Gasteiger partial charge >= 0.3 is 0 Å². The van der Waals surface area contributed by atoms with Crippen molar-refractivity contribution in [1.29, 1.82) is 0 Å². The van der Waals surface area contributed by atoms with Gasteiger partial charge in [0.15, 0.2) is 0 Å². The summed E-state index contributed by atoms with van der Waals surface area (Å²) in [7, 11) is -3.17. The lowest BCUT2D eigenvalue weighted by atomic mass is 9.98. The summed E-state index contributed by atoms with van der Waals surface area (Å²) in [5, 5.41) is -0.0909. The van der Waals surface area contributed by atoms with E-state index in [9.17, 15) is 13.2 Å². The van der Waals surface area contributed by atoms with Crippen molar-refractivity contribution in [2.45, 2.75) is 30.8 Å². The van der Waals surface area contributed by atoms with Gasteiger partial charge in [0.05, 0.1) is 11.5 Å². The van der Waals surface area contributed by atoms with E-state index in [1.165, 1.54) is 11.8 Å². The predicted molar refractivity (Wildman–Crippen MR) is 99.3 cm³/mol. The van der Waals surface area contributed by atoms with Crippen molar-refractivity contribution >= 4 is 27.7 Å². The summed E-state index contributed by atoms with van der Waals surface area (Å²) in [6, 6.07) is 10.1. The van der Waals surface area contributed by atoms with Gasteiger partial charge in [-0.3, -0.25) is 4.79 Å². The summed E-state index contributed by atoms with van der Waals surface area (Å²) in [5.74, 6) is 1.17. The van der Waals surface area contributed by atoms with Gasteiger partial charge in [-0.15, -0.1) is 11.8 Å². The largest absolute Gasteiger partial charge is 0.341 e. The minimum atomic E-state index is -3.17. The zero-order chi connectivity index (χ0) is 17.6. The topological polar surface area (TPSA) is 66.5 Å². The normalized spacial score (nSPS) is 19.9. The minimum Gasteiger partial charge on any atom is -0.341 e. The number of amides is 1. The van der Waals surface area contributed by atoms with Crippen molar-refractivity contribution in [3.8, 4) is 0 Å². The monoisotopic (exact) mass is 370 g/mol. The minimum absolute atomic E-state index is 0.0909. The molecule has 1 saturated heterocycles. The number of nitrogens with zero attached hydrogens (tertiary/aromatic N) is 1. The molecule has 1 aromatic carbocycles. The number of piperidine rings is 1. The van der Waals surface area contributed by atoms with Crippen LogP contribution in [0.5, 0.6) is 0 Å². The first-order valence-electron chi connectivity index (χ1n) is 8.24. The van der Waals surface area contributed by atoms with E-state index in [-0.39, 0.29) is 17.1 Å². The zero-order valence-corrected chi connectivity index (χ0v) is 15.9. The molecule has 0 spiro atoms. The number of carbonyl (C=O) groups excluding carboxylic acids is 1. The van der Waals surface area contributed by atoms with E-state index in [0.29, 0.717) is 13.1 Å². The van der Waals surface area contributed by atoms with Crippen LogP contribution in [-0.2, 0) is 20.6 Å². The Balaban J connectivity index is 1.82. The van der Waals surface area contributed by atoms with Crippen molar-refractivity contribution < 1.29 is 13.2 Å². The highest BCUT2D eigenvalue weighted by molar-refractivity contribution is 7.99. The molecule has 0 radical (unpaired) electrons. The van der Waals surface area contributed by atoms with Crippen LogP contribution in [0.3, 0.4) is 0 Å². The van der Waals surface area contributed by atoms with Gasteiger partial charge in [-0.1, -0.05) is 30.3 Å². The second-order valence-electron chi connectivity index (χ2n) is 6.35. The maximum Gasteiger partial charge on any atom is 0.235 e. The number of sulfonamides is 1. The number of hydrogen-bond acceptors (Lipinski definition) is 4. The molecule has 1 aliphatic heterocycles. The average Bonchev–Trinajstić information content (AvgIpc) is 2.58. The number of likely N-dealkylation sites (tertiary alicyclic amines) is 1. The SMILES string of the molecule is C[C@H](SCc1ccccc1)C(=O)N1CCC[C@@H](CNS(C)(=O)=O)C1. The number of rotatable bonds is 7. The first-order chi connectivity index (χ1) is 11.3. The molecule has 0 unspecified atom stereocenters. The summed E-state index contributed by atoms with van der Waals surface area (Å²) < 4.78 is 25.0. The second kappa shape index (κ2) is 8.87. The molecule has 1 amide bonds. The Morgan fingerprint density at radius 1 is 1.38 bits per heavy atom. The number of benzene rings is 1. The quantitative estimate of drug-likeness (QED) is 0.798. The molecule has 1 aliphatic rings. The van der Waals surface area contributed by atoms with Gasteiger partial charge in [-0.05, 0) is 31.2 Å². The Morgan fingerprint density at radius 2 is 2.08 bits per heavy atom. The molecule has 134 valence electrons. The fourth-order valence-corrected chi connectivity index (χ4v) is 4.29. The highest BCUT2D eigenvalue weighted by atomic mass is 32.2. The fourth-order valence-electron chi connectivity index (χ4n) is 2.82. The standard InChI is InChI=1S/C17H26N2O3S2/c1-14(23-13-15-7-4-3-5-8-15)17(20)19-10-6-9-16(12-19)11-18-24(2,21)22/h3-5,7-8,14,16,18H,6,9-13H2,1-2H3/t14-,16-/m0/s1. The molecule has 1 heterocycles. The van der Waals surface area contributed by atoms with Crippen LogP contribution in [0.1, 0.15) is 25.3 Å². The molecule has 0 saturated carbocycles. The summed E-state index contributed by atoms with van der Waals surface area (Å²) in [5.41, 5.74) is 1.22.